The van der Waals surface area contributed by atoms with Crippen molar-refractivity contribution in [2.45, 2.75) is 19.2 Å². The van der Waals surface area contributed by atoms with Crippen molar-refractivity contribution in [3.8, 4) is 5.75 Å². The summed E-state index contributed by atoms with van der Waals surface area (Å²) in [6.07, 6.45) is 0. The lowest BCUT2D eigenvalue weighted by atomic mass is 10.2. The molecule has 1 aliphatic rings. The van der Waals surface area contributed by atoms with Crippen molar-refractivity contribution in [1.29, 1.82) is 0 Å². The summed E-state index contributed by atoms with van der Waals surface area (Å²) in [6.45, 7) is 2.83. The van der Waals surface area contributed by atoms with E-state index in [2.05, 4.69) is 10.4 Å². The molecule has 1 atom stereocenters. The summed E-state index contributed by atoms with van der Waals surface area (Å²) in [7, 11) is 1.58. The van der Waals surface area contributed by atoms with Gasteiger partial charge in [0.15, 0.2) is 5.17 Å². The smallest absolute Gasteiger partial charge is 0.241 e. The van der Waals surface area contributed by atoms with Gasteiger partial charge in [0.05, 0.1) is 7.11 Å². The topological polar surface area (TPSA) is 71.0 Å². The van der Waals surface area contributed by atoms with E-state index in [0.29, 0.717) is 10.9 Å². The Morgan fingerprint density at radius 1 is 1.35 bits per heavy atom. The van der Waals surface area contributed by atoms with Crippen molar-refractivity contribution in [2.24, 2.45) is 5.10 Å². The Labute approximate surface area is 121 Å². The normalized spacial score (nSPS) is 17.6. The van der Waals surface area contributed by atoms with Crippen LogP contribution in [0.3, 0.4) is 0 Å². The molecule has 20 heavy (non-hydrogen) atoms. The van der Waals surface area contributed by atoms with Gasteiger partial charge in [0.2, 0.25) is 11.8 Å². The fourth-order valence-corrected chi connectivity index (χ4v) is 3.00. The molecule has 1 N–H and O–H groups in total. The van der Waals surface area contributed by atoms with Crippen LogP contribution in [0.1, 0.15) is 24.8 Å². The molecular weight excluding hydrogens is 278 g/mol. The summed E-state index contributed by atoms with van der Waals surface area (Å²) in [5.74, 6) is 0.254. The van der Waals surface area contributed by atoms with Gasteiger partial charge >= 0.3 is 0 Å². The van der Waals surface area contributed by atoms with E-state index in [0.717, 1.165) is 5.56 Å². The number of thioether (sulfide) groups is 1. The van der Waals surface area contributed by atoms with E-state index in [1.165, 1.54) is 30.6 Å². The molecular formula is C13H15N3O3S. The number of nitrogens with one attached hydrogen (secondary N) is 1. The van der Waals surface area contributed by atoms with Crippen LogP contribution < -0.4 is 10.1 Å². The van der Waals surface area contributed by atoms with Gasteiger partial charge in [0.1, 0.15) is 11.1 Å². The molecule has 0 unspecified atom stereocenters. The molecule has 0 bridgehead atoms. The van der Waals surface area contributed by atoms with Crippen LogP contribution in [0, 0.1) is 0 Å². The highest BCUT2D eigenvalue weighted by Gasteiger charge is 2.33. The van der Waals surface area contributed by atoms with Gasteiger partial charge in [0.25, 0.3) is 0 Å². The lowest BCUT2D eigenvalue weighted by Crippen LogP contribution is -2.25. The van der Waals surface area contributed by atoms with Gasteiger partial charge < -0.3 is 10.1 Å². The molecule has 1 aromatic rings. The fraction of sp³-hybridized carbons (Fsp3) is 0.308. The molecule has 2 amide bonds. The maximum absolute atomic E-state index is 11.7. The van der Waals surface area contributed by atoms with Gasteiger partial charge in [-0.05, 0) is 6.07 Å². The lowest BCUT2D eigenvalue weighted by molar-refractivity contribution is -0.129. The number of methoxy groups -OCH3 is 1. The molecule has 0 spiro atoms. The minimum Gasteiger partial charge on any atom is -0.496 e. The average molecular weight is 293 g/mol. The van der Waals surface area contributed by atoms with Crippen LogP contribution in [0.25, 0.3) is 0 Å². The van der Waals surface area contributed by atoms with Gasteiger partial charge in [-0.3, -0.25) is 9.59 Å². The molecule has 0 radical (unpaired) electrons. The first kappa shape index (κ1) is 14.4. The molecule has 0 saturated carbocycles. The predicted octanol–water partition coefficient (Wildman–Crippen LogP) is 1.70. The molecule has 1 aliphatic heterocycles. The van der Waals surface area contributed by atoms with Crippen LogP contribution in [-0.2, 0) is 9.59 Å². The summed E-state index contributed by atoms with van der Waals surface area (Å²) in [6, 6.07) is 7.42. The Morgan fingerprint density at radius 2 is 2.05 bits per heavy atom. The van der Waals surface area contributed by atoms with Crippen molar-refractivity contribution < 1.29 is 14.3 Å². The Balaban J connectivity index is 2.32. The first-order valence-corrected chi connectivity index (χ1v) is 6.86. The van der Waals surface area contributed by atoms with Gasteiger partial charge in [-0.1, -0.05) is 30.0 Å². The second kappa shape index (κ2) is 5.96. The minimum atomic E-state index is -0.342. The van der Waals surface area contributed by atoms with Crippen LogP contribution in [0.5, 0.6) is 5.75 Å². The summed E-state index contributed by atoms with van der Waals surface area (Å²) in [5, 5.41) is 8.15. The molecule has 0 aliphatic carbocycles. The van der Waals surface area contributed by atoms with Gasteiger partial charge in [-0.15, -0.1) is 5.10 Å². The highest BCUT2D eigenvalue weighted by molar-refractivity contribution is 8.14. The molecule has 0 saturated heterocycles. The lowest BCUT2D eigenvalue weighted by Gasteiger charge is -2.21. The number of nitrogens with zero attached hydrogens (tertiary/aromatic N) is 2. The van der Waals surface area contributed by atoms with Crippen LogP contribution in [0.2, 0.25) is 0 Å². The van der Waals surface area contributed by atoms with E-state index >= 15 is 0 Å². The predicted molar refractivity (Wildman–Crippen MR) is 77.1 cm³/mol. The van der Waals surface area contributed by atoms with Crippen LogP contribution in [0.15, 0.2) is 29.4 Å². The first-order chi connectivity index (χ1) is 9.52. The van der Waals surface area contributed by atoms with Crippen molar-refractivity contribution in [2.75, 3.05) is 7.11 Å². The number of hydrogen-bond donors (Lipinski definition) is 1. The summed E-state index contributed by atoms with van der Waals surface area (Å²) >= 11 is 1.30. The highest BCUT2D eigenvalue weighted by atomic mass is 32.2. The number of ether oxygens (including phenoxy) is 1. The van der Waals surface area contributed by atoms with Crippen molar-refractivity contribution in [1.82, 2.24) is 10.3 Å². The maximum Gasteiger partial charge on any atom is 0.241 e. The number of carbonyl (C=O) groups excluding carboxylic acids is 2. The number of hydrazone groups is 1. The zero-order valence-corrected chi connectivity index (χ0v) is 12.2. The van der Waals surface area contributed by atoms with E-state index in [1.54, 1.807) is 7.11 Å². The zero-order valence-electron chi connectivity index (χ0n) is 11.4. The van der Waals surface area contributed by atoms with Crippen LogP contribution in [0.4, 0.5) is 0 Å². The van der Waals surface area contributed by atoms with Gasteiger partial charge in [-0.2, -0.15) is 0 Å². The highest BCUT2D eigenvalue weighted by Crippen LogP contribution is 2.42. The largest absolute Gasteiger partial charge is 0.496 e. The third-order valence-electron chi connectivity index (χ3n) is 2.65. The van der Waals surface area contributed by atoms with Crippen LogP contribution >= 0.6 is 11.8 Å². The molecule has 0 fully saturated rings. The fourth-order valence-electron chi connectivity index (χ4n) is 1.84. The number of para-hydroxylation sites is 1. The Bertz CT molecular complexity index is 574. The number of amides is 2. The second-order valence-electron chi connectivity index (χ2n) is 4.16. The standard InChI is InChI=1S/C13H15N3O3S/c1-8(17)14-13-15-16(9(2)18)12(20-13)10-6-4-5-7-11(10)19-3/h4-7,12H,1-3H3,(H,14,15,17)/t12-/m0/s1. The second-order valence-corrected chi connectivity index (χ2v) is 5.23. The molecule has 7 heteroatoms. The number of rotatable bonds is 2. The molecule has 106 valence electrons. The molecule has 1 aromatic carbocycles. The number of benzene rings is 1. The third-order valence-corrected chi connectivity index (χ3v) is 3.74. The summed E-state index contributed by atoms with van der Waals surface area (Å²) < 4.78 is 5.31. The van der Waals surface area contributed by atoms with E-state index in [1.807, 2.05) is 24.3 Å². The van der Waals surface area contributed by atoms with Crippen LogP contribution in [-0.4, -0.2) is 29.1 Å². The maximum atomic E-state index is 11.7. The SMILES string of the molecule is COc1ccccc1[C@@H]1SC(NC(C)=O)=NN1C(C)=O. The van der Waals surface area contributed by atoms with Gasteiger partial charge in [-0.25, -0.2) is 5.01 Å². The van der Waals surface area contributed by atoms with Crippen molar-refractivity contribution in [3.05, 3.63) is 29.8 Å². The van der Waals surface area contributed by atoms with E-state index < -0.39 is 0 Å². The zero-order chi connectivity index (χ0) is 14.7. The Morgan fingerprint density at radius 3 is 2.65 bits per heavy atom. The third kappa shape index (κ3) is 2.93. The number of amidine groups is 1. The first-order valence-electron chi connectivity index (χ1n) is 5.98. The Hall–Kier alpha value is -2.02. The van der Waals surface area contributed by atoms with E-state index in [4.69, 9.17) is 4.74 Å². The molecule has 6 nitrogen and oxygen atoms in total. The molecule has 0 aromatic heterocycles. The summed E-state index contributed by atoms with van der Waals surface area (Å²) in [5.41, 5.74) is 0.833. The summed E-state index contributed by atoms with van der Waals surface area (Å²) in [4.78, 5) is 22.8. The monoisotopic (exact) mass is 293 g/mol. The van der Waals surface area contributed by atoms with E-state index in [9.17, 15) is 9.59 Å². The average Bonchev–Trinajstić information content (AvgIpc) is 2.81. The van der Waals surface area contributed by atoms with Crippen molar-refractivity contribution >= 4 is 28.7 Å². The van der Waals surface area contributed by atoms with E-state index in [-0.39, 0.29) is 17.2 Å². The minimum absolute atomic E-state index is 0.200. The van der Waals surface area contributed by atoms with Crippen molar-refractivity contribution in [3.63, 3.8) is 0 Å². The molecule has 1 heterocycles. The quantitative estimate of drug-likeness (QED) is 0.901. The van der Waals surface area contributed by atoms with Gasteiger partial charge in [0, 0.05) is 19.4 Å². The number of hydrogen-bond acceptors (Lipinski definition) is 5. The molecule has 2 rings (SSSR count). The number of carbonyl (C=O) groups is 2. The Kier molecular flexibility index (Phi) is 4.29.